The third kappa shape index (κ3) is 4.81. The SMILES string of the molecule is CCOc1ccc(/C=N\NC(=O)c2ccc(F)cc2)c(OCC)c1. The van der Waals surface area contributed by atoms with Crippen LogP contribution in [0.3, 0.4) is 0 Å². The Hall–Kier alpha value is -2.89. The third-order valence-electron chi connectivity index (χ3n) is 3.07. The molecule has 0 aromatic heterocycles. The predicted molar refractivity (Wildman–Crippen MR) is 90.2 cm³/mol. The summed E-state index contributed by atoms with van der Waals surface area (Å²) in [5.41, 5.74) is 3.43. The maximum Gasteiger partial charge on any atom is 0.271 e. The summed E-state index contributed by atoms with van der Waals surface area (Å²) in [6, 6.07) is 10.6. The van der Waals surface area contributed by atoms with E-state index < -0.39 is 11.7 Å². The van der Waals surface area contributed by atoms with Gasteiger partial charge in [-0.3, -0.25) is 4.79 Å². The minimum atomic E-state index is -0.421. The van der Waals surface area contributed by atoms with E-state index in [1.807, 2.05) is 13.8 Å². The lowest BCUT2D eigenvalue weighted by molar-refractivity contribution is 0.0955. The van der Waals surface area contributed by atoms with E-state index in [0.29, 0.717) is 35.8 Å². The van der Waals surface area contributed by atoms with Crippen LogP contribution in [-0.4, -0.2) is 25.3 Å². The first kappa shape index (κ1) is 17.5. The molecule has 126 valence electrons. The molecule has 24 heavy (non-hydrogen) atoms. The number of hydrogen-bond acceptors (Lipinski definition) is 4. The van der Waals surface area contributed by atoms with Crippen LogP contribution < -0.4 is 14.9 Å². The van der Waals surface area contributed by atoms with Gasteiger partial charge in [0.15, 0.2) is 0 Å². The van der Waals surface area contributed by atoms with Crippen molar-refractivity contribution in [2.75, 3.05) is 13.2 Å². The molecule has 0 unspecified atom stereocenters. The van der Waals surface area contributed by atoms with Gasteiger partial charge in [-0.1, -0.05) is 0 Å². The molecule has 0 saturated heterocycles. The first-order chi connectivity index (χ1) is 11.6. The van der Waals surface area contributed by atoms with Crippen molar-refractivity contribution in [2.45, 2.75) is 13.8 Å². The second-order valence-corrected chi connectivity index (χ2v) is 4.77. The molecule has 6 heteroatoms. The van der Waals surface area contributed by atoms with Crippen LogP contribution in [0.5, 0.6) is 11.5 Å². The normalized spacial score (nSPS) is 10.6. The summed E-state index contributed by atoms with van der Waals surface area (Å²) < 4.78 is 23.8. The molecular weight excluding hydrogens is 311 g/mol. The molecule has 0 aliphatic rings. The Morgan fingerprint density at radius 2 is 1.83 bits per heavy atom. The van der Waals surface area contributed by atoms with Crippen molar-refractivity contribution < 1.29 is 18.7 Å². The third-order valence-corrected chi connectivity index (χ3v) is 3.07. The molecule has 0 radical (unpaired) electrons. The van der Waals surface area contributed by atoms with Crippen LogP contribution in [0.1, 0.15) is 29.8 Å². The van der Waals surface area contributed by atoms with Gasteiger partial charge in [-0.05, 0) is 50.2 Å². The highest BCUT2D eigenvalue weighted by atomic mass is 19.1. The van der Waals surface area contributed by atoms with Gasteiger partial charge >= 0.3 is 0 Å². The van der Waals surface area contributed by atoms with Crippen molar-refractivity contribution in [3.05, 3.63) is 59.4 Å². The van der Waals surface area contributed by atoms with Gasteiger partial charge in [-0.25, -0.2) is 9.82 Å². The Balaban J connectivity index is 2.07. The molecule has 2 aromatic rings. The summed E-state index contributed by atoms with van der Waals surface area (Å²) in [6.45, 7) is 4.84. The Morgan fingerprint density at radius 3 is 2.50 bits per heavy atom. The Labute approximate surface area is 140 Å². The van der Waals surface area contributed by atoms with Crippen molar-refractivity contribution in [3.63, 3.8) is 0 Å². The molecule has 1 N–H and O–H groups in total. The molecule has 0 atom stereocenters. The maximum absolute atomic E-state index is 12.8. The number of hydrazone groups is 1. The zero-order valence-electron chi connectivity index (χ0n) is 13.6. The van der Waals surface area contributed by atoms with Crippen LogP contribution in [0.2, 0.25) is 0 Å². The van der Waals surface area contributed by atoms with E-state index in [1.165, 1.54) is 30.5 Å². The number of amides is 1. The fourth-order valence-corrected chi connectivity index (χ4v) is 1.98. The number of halogens is 1. The number of nitrogens with one attached hydrogen (secondary N) is 1. The second kappa shape index (κ2) is 8.67. The quantitative estimate of drug-likeness (QED) is 0.625. The van der Waals surface area contributed by atoms with Crippen LogP contribution in [-0.2, 0) is 0 Å². The van der Waals surface area contributed by atoms with Gasteiger partial charge in [0.2, 0.25) is 0 Å². The van der Waals surface area contributed by atoms with Crippen molar-refractivity contribution in [1.29, 1.82) is 0 Å². The van der Waals surface area contributed by atoms with Crippen molar-refractivity contribution >= 4 is 12.1 Å². The second-order valence-electron chi connectivity index (χ2n) is 4.77. The molecule has 0 spiro atoms. The fourth-order valence-electron chi connectivity index (χ4n) is 1.98. The molecule has 2 rings (SSSR count). The maximum atomic E-state index is 12.8. The molecular formula is C18H19FN2O3. The molecule has 0 aliphatic heterocycles. The number of carbonyl (C=O) groups is 1. The number of carbonyl (C=O) groups excluding carboxylic acids is 1. The Kier molecular flexibility index (Phi) is 6.31. The largest absolute Gasteiger partial charge is 0.494 e. The number of rotatable bonds is 7. The van der Waals surface area contributed by atoms with Crippen LogP contribution in [0.25, 0.3) is 0 Å². The number of benzene rings is 2. The summed E-state index contributed by atoms with van der Waals surface area (Å²) in [4.78, 5) is 11.9. The molecule has 2 aromatic carbocycles. The van der Waals surface area contributed by atoms with Crippen molar-refractivity contribution in [3.8, 4) is 11.5 Å². The monoisotopic (exact) mass is 330 g/mol. The highest BCUT2D eigenvalue weighted by Crippen LogP contribution is 2.23. The fraction of sp³-hybridized carbons (Fsp3) is 0.222. The van der Waals surface area contributed by atoms with Crippen molar-refractivity contribution in [1.82, 2.24) is 5.43 Å². The number of nitrogens with zero attached hydrogens (tertiary/aromatic N) is 1. The van der Waals surface area contributed by atoms with Crippen LogP contribution in [0, 0.1) is 5.82 Å². The zero-order chi connectivity index (χ0) is 17.4. The van der Waals surface area contributed by atoms with Gasteiger partial charge in [0.1, 0.15) is 17.3 Å². The molecule has 1 amide bonds. The summed E-state index contributed by atoms with van der Waals surface area (Å²) in [7, 11) is 0. The van der Waals surface area contributed by atoms with Gasteiger partial charge < -0.3 is 9.47 Å². The summed E-state index contributed by atoms with van der Waals surface area (Å²) in [5.74, 6) is 0.498. The van der Waals surface area contributed by atoms with Gasteiger partial charge in [0, 0.05) is 17.2 Å². The molecule has 0 heterocycles. The van der Waals surface area contributed by atoms with E-state index in [0.717, 1.165) is 0 Å². The molecule has 5 nitrogen and oxygen atoms in total. The Morgan fingerprint density at radius 1 is 1.12 bits per heavy atom. The predicted octanol–water partition coefficient (Wildman–Crippen LogP) is 3.39. The lowest BCUT2D eigenvalue weighted by atomic mass is 10.2. The molecule has 0 saturated carbocycles. The van der Waals surface area contributed by atoms with Gasteiger partial charge in [0.05, 0.1) is 19.4 Å². The molecule has 0 aliphatic carbocycles. The van der Waals surface area contributed by atoms with E-state index >= 15 is 0 Å². The lowest BCUT2D eigenvalue weighted by Crippen LogP contribution is -2.17. The summed E-state index contributed by atoms with van der Waals surface area (Å²) >= 11 is 0. The van der Waals surface area contributed by atoms with Crippen LogP contribution in [0.15, 0.2) is 47.6 Å². The van der Waals surface area contributed by atoms with Crippen molar-refractivity contribution in [2.24, 2.45) is 5.10 Å². The lowest BCUT2D eigenvalue weighted by Gasteiger charge is -2.10. The van der Waals surface area contributed by atoms with Crippen LogP contribution in [0.4, 0.5) is 4.39 Å². The number of ether oxygens (including phenoxy) is 2. The molecule has 0 bridgehead atoms. The van der Waals surface area contributed by atoms with Gasteiger partial charge in [-0.2, -0.15) is 5.10 Å². The average molecular weight is 330 g/mol. The first-order valence-electron chi connectivity index (χ1n) is 7.62. The standard InChI is InChI=1S/C18H19FN2O3/c1-3-23-16-10-7-14(17(11-16)24-4-2)12-20-21-18(22)13-5-8-15(19)9-6-13/h5-12H,3-4H2,1-2H3,(H,21,22)/b20-12-. The van der Waals surface area contributed by atoms with E-state index in [-0.39, 0.29) is 0 Å². The topological polar surface area (TPSA) is 59.9 Å². The van der Waals surface area contributed by atoms with E-state index in [4.69, 9.17) is 9.47 Å². The highest BCUT2D eigenvalue weighted by Gasteiger charge is 2.06. The van der Waals surface area contributed by atoms with Crippen LogP contribution >= 0.6 is 0 Å². The number of hydrogen-bond donors (Lipinski definition) is 1. The van der Waals surface area contributed by atoms with E-state index in [2.05, 4.69) is 10.5 Å². The highest BCUT2D eigenvalue weighted by molar-refractivity contribution is 5.95. The minimum absolute atomic E-state index is 0.324. The summed E-state index contributed by atoms with van der Waals surface area (Å²) in [5, 5.41) is 3.92. The minimum Gasteiger partial charge on any atom is -0.494 e. The molecule has 0 fully saturated rings. The zero-order valence-corrected chi connectivity index (χ0v) is 13.6. The van der Waals surface area contributed by atoms with Gasteiger partial charge in [-0.15, -0.1) is 0 Å². The Bertz CT molecular complexity index is 715. The first-order valence-corrected chi connectivity index (χ1v) is 7.62. The average Bonchev–Trinajstić information content (AvgIpc) is 2.58. The van der Waals surface area contributed by atoms with E-state index in [9.17, 15) is 9.18 Å². The summed E-state index contributed by atoms with van der Waals surface area (Å²) in [6.07, 6.45) is 1.49. The smallest absolute Gasteiger partial charge is 0.271 e. The van der Waals surface area contributed by atoms with E-state index in [1.54, 1.807) is 18.2 Å². The van der Waals surface area contributed by atoms with Gasteiger partial charge in [0.25, 0.3) is 5.91 Å².